The average molecular weight is 267 g/mol. The molecule has 0 N–H and O–H groups in total. The Hall–Kier alpha value is -1.68. The molecule has 0 aliphatic heterocycles. The molecule has 0 unspecified atom stereocenters. The Morgan fingerprint density at radius 2 is 2.22 bits per heavy atom. The van der Waals surface area contributed by atoms with Crippen LogP contribution in [0.15, 0.2) is 24.3 Å². The summed E-state index contributed by atoms with van der Waals surface area (Å²) < 4.78 is 15.2. The van der Waals surface area contributed by atoms with E-state index in [1.807, 2.05) is 0 Å². The topological polar surface area (TPSA) is 34.9 Å². The molecule has 0 atom stereocenters. The molecule has 0 radical (unpaired) electrons. The zero-order valence-corrected chi connectivity index (χ0v) is 10.8. The molecule has 2 rings (SSSR count). The highest BCUT2D eigenvalue weighted by Crippen LogP contribution is 2.19. The Labute approximate surface area is 109 Å². The molecule has 94 valence electrons. The van der Waals surface area contributed by atoms with E-state index in [1.165, 1.54) is 10.7 Å². The highest BCUT2D eigenvalue weighted by molar-refractivity contribution is 6.30. The Morgan fingerprint density at radius 1 is 1.50 bits per heavy atom. The minimum absolute atomic E-state index is 0.0225. The second-order valence-electron chi connectivity index (χ2n) is 4.11. The van der Waals surface area contributed by atoms with Crippen molar-refractivity contribution < 1.29 is 9.18 Å². The summed E-state index contributed by atoms with van der Waals surface area (Å²) in [6, 6.07) is 6.33. The number of hydrogen-bond donors (Lipinski definition) is 0. The third kappa shape index (κ3) is 2.43. The van der Waals surface area contributed by atoms with Crippen molar-refractivity contribution in [1.82, 2.24) is 9.78 Å². The lowest BCUT2D eigenvalue weighted by atomic mass is 10.1. The maximum atomic E-state index is 13.7. The van der Waals surface area contributed by atoms with Crippen LogP contribution < -0.4 is 0 Å². The van der Waals surface area contributed by atoms with E-state index in [1.54, 1.807) is 32.2 Å². The van der Waals surface area contributed by atoms with Gasteiger partial charge in [0.2, 0.25) is 0 Å². The summed E-state index contributed by atoms with van der Waals surface area (Å²) in [5, 5.41) is 4.12. The molecule has 2 aromatic rings. The first kappa shape index (κ1) is 12.8. The average Bonchev–Trinajstić information content (AvgIpc) is 2.64. The fraction of sp³-hybridized carbons (Fsp3) is 0.231. The highest BCUT2D eigenvalue weighted by atomic mass is 35.5. The fourth-order valence-corrected chi connectivity index (χ4v) is 2.01. The molecule has 5 heteroatoms. The van der Waals surface area contributed by atoms with Crippen LogP contribution in [0.4, 0.5) is 4.39 Å². The van der Waals surface area contributed by atoms with Gasteiger partial charge in [-0.3, -0.25) is 9.48 Å². The lowest BCUT2D eigenvalue weighted by Crippen LogP contribution is -2.10. The standard InChI is InChI=1S/C13H12ClFN2O/c1-8-6-11(17(2)16-8)12(18)7-9-4-3-5-10(14)13(9)15/h3-6H,7H2,1-2H3. The SMILES string of the molecule is Cc1cc(C(=O)Cc2cccc(Cl)c2F)n(C)n1. The molecule has 1 aromatic carbocycles. The van der Waals surface area contributed by atoms with Crippen LogP contribution in [-0.2, 0) is 13.5 Å². The molecule has 0 aliphatic carbocycles. The van der Waals surface area contributed by atoms with E-state index >= 15 is 0 Å². The minimum atomic E-state index is -0.536. The smallest absolute Gasteiger partial charge is 0.185 e. The Kier molecular flexibility index (Phi) is 3.48. The number of nitrogens with zero attached hydrogens (tertiary/aromatic N) is 2. The van der Waals surface area contributed by atoms with Gasteiger partial charge in [0, 0.05) is 13.5 Å². The van der Waals surface area contributed by atoms with E-state index in [0.717, 1.165) is 5.69 Å². The number of carbonyl (C=O) groups is 1. The largest absolute Gasteiger partial charge is 0.292 e. The molecule has 0 aliphatic rings. The van der Waals surface area contributed by atoms with Crippen LogP contribution in [0, 0.1) is 12.7 Å². The molecule has 0 saturated carbocycles. The van der Waals surface area contributed by atoms with Crippen molar-refractivity contribution >= 4 is 17.4 Å². The molecule has 18 heavy (non-hydrogen) atoms. The molecular formula is C13H12ClFN2O. The van der Waals surface area contributed by atoms with Crippen molar-refractivity contribution in [3.8, 4) is 0 Å². The molecular weight excluding hydrogens is 255 g/mol. The van der Waals surface area contributed by atoms with Gasteiger partial charge >= 0.3 is 0 Å². The van der Waals surface area contributed by atoms with Crippen LogP contribution in [0.1, 0.15) is 21.7 Å². The van der Waals surface area contributed by atoms with Crippen LogP contribution in [0.2, 0.25) is 5.02 Å². The summed E-state index contributed by atoms with van der Waals surface area (Å²) in [7, 11) is 1.69. The second-order valence-corrected chi connectivity index (χ2v) is 4.51. The molecule has 1 aromatic heterocycles. The normalized spacial score (nSPS) is 10.7. The number of carbonyl (C=O) groups excluding carboxylic acids is 1. The number of Topliss-reactive ketones (excluding diaryl/α,β-unsaturated/α-hetero) is 1. The van der Waals surface area contributed by atoms with E-state index in [0.29, 0.717) is 11.3 Å². The van der Waals surface area contributed by atoms with Gasteiger partial charge in [-0.15, -0.1) is 0 Å². The molecule has 0 bridgehead atoms. The van der Waals surface area contributed by atoms with Crippen LogP contribution in [0.25, 0.3) is 0 Å². The predicted molar refractivity (Wildman–Crippen MR) is 67.4 cm³/mol. The van der Waals surface area contributed by atoms with Gasteiger partial charge in [-0.2, -0.15) is 5.10 Å². The van der Waals surface area contributed by atoms with Gasteiger partial charge < -0.3 is 0 Å². The summed E-state index contributed by atoms with van der Waals surface area (Å²) in [6.07, 6.45) is -0.0225. The zero-order chi connectivity index (χ0) is 13.3. The first-order chi connectivity index (χ1) is 8.49. The molecule has 1 heterocycles. The summed E-state index contributed by atoms with van der Waals surface area (Å²) in [6.45, 7) is 1.80. The number of benzene rings is 1. The van der Waals surface area contributed by atoms with E-state index in [9.17, 15) is 9.18 Å². The number of hydrogen-bond acceptors (Lipinski definition) is 2. The van der Waals surface area contributed by atoms with E-state index in [2.05, 4.69) is 5.10 Å². The first-order valence-corrected chi connectivity index (χ1v) is 5.83. The number of rotatable bonds is 3. The van der Waals surface area contributed by atoms with Crippen molar-refractivity contribution in [2.24, 2.45) is 7.05 Å². The molecule has 0 fully saturated rings. The Bertz CT molecular complexity index is 607. The van der Waals surface area contributed by atoms with Crippen LogP contribution in [0.3, 0.4) is 0 Å². The molecule has 0 amide bonds. The number of aryl methyl sites for hydroxylation is 2. The lowest BCUT2D eigenvalue weighted by molar-refractivity contribution is 0.0983. The van der Waals surface area contributed by atoms with Crippen molar-refractivity contribution in [3.05, 3.63) is 52.1 Å². The summed E-state index contributed by atoms with van der Waals surface area (Å²) in [5.41, 5.74) is 1.52. The molecule has 0 spiro atoms. The van der Waals surface area contributed by atoms with Gasteiger partial charge in [0.15, 0.2) is 5.78 Å². The van der Waals surface area contributed by atoms with Crippen LogP contribution in [0.5, 0.6) is 0 Å². The fourth-order valence-electron chi connectivity index (χ4n) is 1.82. The quantitative estimate of drug-likeness (QED) is 0.801. The number of aromatic nitrogens is 2. The van der Waals surface area contributed by atoms with Crippen molar-refractivity contribution in [3.63, 3.8) is 0 Å². The number of halogens is 2. The van der Waals surface area contributed by atoms with Gasteiger partial charge in [-0.05, 0) is 24.6 Å². The highest BCUT2D eigenvalue weighted by Gasteiger charge is 2.15. The van der Waals surface area contributed by atoms with Gasteiger partial charge in [0.05, 0.1) is 10.7 Å². The van der Waals surface area contributed by atoms with Crippen molar-refractivity contribution in [2.75, 3.05) is 0 Å². The summed E-state index contributed by atoms with van der Waals surface area (Å²) in [4.78, 5) is 12.0. The Morgan fingerprint density at radius 3 is 2.83 bits per heavy atom. The van der Waals surface area contributed by atoms with E-state index < -0.39 is 5.82 Å². The summed E-state index contributed by atoms with van der Waals surface area (Å²) >= 11 is 5.67. The monoisotopic (exact) mass is 266 g/mol. The van der Waals surface area contributed by atoms with E-state index in [-0.39, 0.29) is 17.2 Å². The summed E-state index contributed by atoms with van der Waals surface area (Å²) in [5.74, 6) is -0.717. The van der Waals surface area contributed by atoms with E-state index in [4.69, 9.17) is 11.6 Å². The zero-order valence-electron chi connectivity index (χ0n) is 10.1. The van der Waals surface area contributed by atoms with Gasteiger partial charge in [-0.25, -0.2) is 4.39 Å². The second kappa shape index (κ2) is 4.90. The first-order valence-electron chi connectivity index (χ1n) is 5.45. The van der Waals surface area contributed by atoms with Gasteiger partial charge in [0.25, 0.3) is 0 Å². The van der Waals surface area contributed by atoms with Crippen LogP contribution >= 0.6 is 11.6 Å². The third-order valence-corrected chi connectivity index (χ3v) is 2.96. The lowest BCUT2D eigenvalue weighted by Gasteiger charge is -2.04. The maximum Gasteiger partial charge on any atom is 0.185 e. The predicted octanol–water partition coefficient (Wildman–Crippen LogP) is 2.95. The number of ketones is 1. The Balaban J connectivity index is 2.27. The maximum absolute atomic E-state index is 13.7. The van der Waals surface area contributed by atoms with Crippen LogP contribution in [-0.4, -0.2) is 15.6 Å². The molecule has 0 saturated heterocycles. The molecule has 3 nitrogen and oxygen atoms in total. The van der Waals surface area contributed by atoms with Crippen molar-refractivity contribution in [2.45, 2.75) is 13.3 Å². The van der Waals surface area contributed by atoms with Gasteiger partial charge in [0.1, 0.15) is 11.5 Å². The third-order valence-electron chi connectivity index (χ3n) is 2.67. The van der Waals surface area contributed by atoms with Crippen molar-refractivity contribution in [1.29, 1.82) is 0 Å². The minimum Gasteiger partial charge on any atom is -0.292 e. The van der Waals surface area contributed by atoms with Gasteiger partial charge in [-0.1, -0.05) is 23.7 Å².